The monoisotopic (exact) mass is 252 g/mol. The molecule has 0 aliphatic carbocycles. The maximum atomic E-state index is 11.7. The van der Waals surface area contributed by atoms with Crippen molar-refractivity contribution in [3.05, 3.63) is 6.33 Å². The second-order valence-corrected chi connectivity index (χ2v) is 4.53. The highest BCUT2D eigenvalue weighted by molar-refractivity contribution is 5.75. The molecule has 0 bridgehead atoms. The number of nitrogens with one attached hydrogen (secondary N) is 1. The van der Waals surface area contributed by atoms with Gasteiger partial charge in [-0.3, -0.25) is 9.69 Å². The van der Waals surface area contributed by atoms with E-state index in [0.717, 1.165) is 19.5 Å². The van der Waals surface area contributed by atoms with E-state index in [-0.39, 0.29) is 18.4 Å². The molecule has 2 heterocycles. The average Bonchev–Trinajstić information content (AvgIpc) is 2.95. The average molecular weight is 252 g/mol. The summed E-state index contributed by atoms with van der Waals surface area (Å²) in [6.07, 6.45) is 3.83. The van der Waals surface area contributed by atoms with Crippen molar-refractivity contribution in [1.29, 1.82) is 0 Å². The van der Waals surface area contributed by atoms with E-state index in [4.69, 9.17) is 5.73 Å². The summed E-state index contributed by atoms with van der Waals surface area (Å²) in [6.45, 7) is 5.20. The summed E-state index contributed by atoms with van der Waals surface area (Å²) in [5.74, 6) is 0.138. The number of nitrogen functional groups attached to an aromatic ring is 1. The van der Waals surface area contributed by atoms with Gasteiger partial charge in [0.05, 0.1) is 0 Å². The van der Waals surface area contributed by atoms with Gasteiger partial charge in [-0.25, -0.2) is 9.67 Å². The van der Waals surface area contributed by atoms with Crippen LogP contribution in [0.4, 0.5) is 5.95 Å². The molecule has 18 heavy (non-hydrogen) atoms. The Kier molecular flexibility index (Phi) is 4.14. The first kappa shape index (κ1) is 12.8. The number of likely N-dealkylation sites (N-methyl/N-ethyl adjacent to an activating group) is 1. The molecule has 1 amide bonds. The molecule has 100 valence electrons. The lowest BCUT2D eigenvalue weighted by molar-refractivity contribution is -0.122. The first-order valence-corrected chi connectivity index (χ1v) is 6.34. The molecule has 7 nitrogen and oxygen atoms in total. The van der Waals surface area contributed by atoms with Crippen LogP contribution in [0.25, 0.3) is 0 Å². The number of nitrogens with two attached hydrogens (primary N) is 1. The van der Waals surface area contributed by atoms with E-state index in [1.807, 2.05) is 0 Å². The number of nitrogens with zero attached hydrogens (tertiary/aromatic N) is 4. The number of amides is 1. The lowest BCUT2D eigenvalue weighted by Crippen LogP contribution is -2.41. The molecule has 3 N–H and O–H groups in total. The van der Waals surface area contributed by atoms with Crippen molar-refractivity contribution in [3.63, 3.8) is 0 Å². The van der Waals surface area contributed by atoms with Gasteiger partial charge in [-0.15, -0.1) is 5.10 Å². The summed E-state index contributed by atoms with van der Waals surface area (Å²) in [5.41, 5.74) is 5.38. The van der Waals surface area contributed by atoms with Crippen LogP contribution in [-0.4, -0.2) is 51.2 Å². The normalized spacial score (nSPS) is 20.2. The van der Waals surface area contributed by atoms with Gasteiger partial charge < -0.3 is 11.1 Å². The van der Waals surface area contributed by atoms with Crippen molar-refractivity contribution >= 4 is 11.9 Å². The van der Waals surface area contributed by atoms with Crippen molar-refractivity contribution < 1.29 is 4.79 Å². The quantitative estimate of drug-likeness (QED) is 0.734. The minimum absolute atomic E-state index is 0.0529. The maximum absolute atomic E-state index is 11.7. The molecule has 1 unspecified atom stereocenters. The third-order valence-corrected chi connectivity index (χ3v) is 3.30. The Morgan fingerprint density at radius 2 is 2.50 bits per heavy atom. The van der Waals surface area contributed by atoms with Crippen molar-refractivity contribution in [2.24, 2.45) is 0 Å². The van der Waals surface area contributed by atoms with Gasteiger partial charge in [-0.05, 0) is 25.9 Å². The number of rotatable bonds is 5. The van der Waals surface area contributed by atoms with Crippen LogP contribution in [0.2, 0.25) is 0 Å². The molecule has 2 rings (SSSR count). The van der Waals surface area contributed by atoms with Crippen LogP contribution >= 0.6 is 0 Å². The van der Waals surface area contributed by atoms with Gasteiger partial charge in [-0.2, -0.15) is 0 Å². The Hall–Kier alpha value is -1.63. The second-order valence-electron chi connectivity index (χ2n) is 4.53. The van der Waals surface area contributed by atoms with E-state index in [9.17, 15) is 4.79 Å². The molecule has 0 saturated carbocycles. The molecule has 0 spiro atoms. The van der Waals surface area contributed by atoms with Crippen LogP contribution in [0, 0.1) is 0 Å². The molecule has 1 fully saturated rings. The van der Waals surface area contributed by atoms with E-state index in [2.05, 4.69) is 27.2 Å². The second kappa shape index (κ2) is 5.81. The summed E-state index contributed by atoms with van der Waals surface area (Å²) in [4.78, 5) is 17.9. The Balaban J connectivity index is 1.74. The molecule has 1 aromatic rings. The lowest BCUT2D eigenvalue weighted by atomic mass is 10.2. The lowest BCUT2D eigenvalue weighted by Gasteiger charge is -2.22. The van der Waals surface area contributed by atoms with E-state index in [1.165, 1.54) is 17.4 Å². The Morgan fingerprint density at radius 1 is 1.67 bits per heavy atom. The molecule has 1 aliphatic rings. The van der Waals surface area contributed by atoms with Crippen molar-refractivity contribution in [2.45, 2.75) is 32.4 Å². The van der Waals surface area contributed by atoms with Crippen LogP contribution < -0.4 is 11.1 Å². The van der Waals surface area contributed by atoms with Gasteiger partial charge in [0.15, 0.2) is 0 Å². The molecule has 0 radical (unpaired) electrons. The fourth-order valence-corrected chi connectivity index (χ4v) is 2.36. The predicted molar refractivity (Wildman–Crippen MR) is 67.7 cm³/mol. The van der Waals surface area contributed by atoms with Crippen molar-refractivity contribution in [1.82, 2.24) is 25.0 Å². The fourth-order valence-electron chi connectivity index (χ4n) is 2.36. The number of likely N-dealkylation sites (tertiary alicyclic amines) is 1. The van der Waals surface area contributed by atoms with Gasteiger partial charge in [0, 0.05) is 12.6 Å². The zero-order chi connectivity index (χ0) is 13.0. The van der Waals surface area contributed by atoms with Gasteiger partial charge in [0.1, 0.15) is 12.9 Å². The van der Waals surface area contributed by atoms with E-state index < -0.39 is 0 Å². The highest BCUT2D eigenvalue weighted by Gasteiger charge is 2.23. The van der Waals surface area contributed by atoms with E-state index >= 15 is 0 Å². The topological polar surface area (TPSA) is 89.1 Å². The Bertz CT molecular complexity index is 404. The number of carbonyl (C=O) groups is 1. The number of carbonyl (C=O) groups excluding carboxylic acids is 1. The molecule has 1 saturated heterocycles. The summed E-state index contributed by atoms with van der Waals surface area (Å²) in [6, 6.07) is 0.472. The molecule has 0 aromatic carbocycles. The van der Waals surface area contributed by atoms with Crippen LogP contribution in [0.3, 0.4) is 0 Å². The molecular weight excluding hydrogens is 232 g/mol. The maximum Gasteiger partial charge on any atom is 0.241 e. The molecule has 7 heteroatoms. The first-order valence-electron chi connectivity index (χ1n) is 6.34. The summed E-state index contributed by atoms with van der Waals surface area (Å²) in [5, 5.41) is 6.81. The van der Waals surface area contributed by atoms with E-state index in [1.54, 1.807) is 0 Å². The third-order valence-electron chi connectivity index (χ3n) is 3.30. The van der Waals surface area contributed by atoms with Crippen molar-refractivity contribution in [3.8, 4) is 0 Å². The highest BCUT2D eigenvalue weighted by atomic mass is 16.2. The van der Waals surface area contributed by atoms with Gasteiger partial charge in [0.25, 0.3) is 0 Å². The van der Waals surface area contributed by atoms with Gasteiger partial charge in [0.2, 0.25) is 11.9 Å². The standard InChI is InChI=1S/C11H20N6O/c1-2-16-5-3-4-9(16)6-13-10(18)7-17-8-14-11(12)15-17/h8-9H,2-7H2,1H3,(H2,12,15)(H,13,18). The molecular formula is C11H20N6O. The first-order chi connectivity index (χ1) is 8.69. The van der Waals surface area contributed by atoms with Crippen LogP contribution in [0.1, 0.15) is 19.8 Å². The Labute approximate surface area is 106 Å². The summed E-state index contributed by atoms with van der Waals surface area (Å²) in [7, 11) is 0. The number of hydrogen-bond donors (Lipinski definition) is 2. The van der Waals surface area contributed by atoms with Crippen LogP contribution in [0.5, 0.6) is 0 Å². The molecule has 1 aromatic heterocycles. The largest absolute Gasteiger partial charge is 0.367 e. The minimum atomic E-state index is -0.0529. The molecule has 1 atom stereocenters. The predicted octanol–water partition coefficient (Wildman–Crippen LogP) is -0.539. The van der Waals surface area contributed by atoms with Crippen LogP contribution in [-0.2, 0) is 11.3 Å². The smallest absolute Gasteiger partial charge is 0.241 e. The van der Waals surface area contributed by atoms with Gasteiger partial charge in [-0.1, -0.05) is 6.92 Å². The number of aromatic nitrogens is 3. The summed E-state index contributed by atoms with van der Waals surface area (Å²) < 4.78 is 1.44. The zero-order valence-electron chi connectivity index (χ0n) is 10.7. The zero-order valence-corrected chi connectivity index (χ0v) is 10.7. The number of hydrogen-bond acceptors (Lipinski definition) is 5. The molecule has 1 aliphatic heterocycles. The number of anilines is 1. The Morgan fingerprint density at radius 3 is 3.17 bits per heavy atom. The minimum Gasteiger partial charge on any atom is -0.367 e. The highest BCUT2D eigenvalue weighted by Crippen LogP contribution is 2.15. The van der Waals surface area contributed by atoms with Gasteiger partial charge >= 0.3 is 0 Å². The van der Waals surface area contributed by atoms with Crippen LogP contribution in [0.15, 0.2) is 6.33 Å². The third kappa shape index (κ3) is 3.19. The summed E-state index contributed by atoms with van der Waals surface area (Å²) >= 11 is 0. The fraction of sp³-hybridized carbons (Fsp3) is 0.727. The van der Waals surface area contributed by atoms with Crippen molar-refractivity contribution in [2.75, 3.05) is 25.4 Å². The van der Waals surface area contributed by atoms with E-state index in [0.29, 0.717) is 12.6 Å². The SMILES string of the molecule is CCN1CCCC1CNC(=O)Cn1cnc(N)n1.